The van der Waals surface area contributed by atoms with Gasteiger partial charge in [0.2, 0.25) is 5.91 Å². The summed E-state index contributed by atoms with van der Waals surface area (Å²) in [7, 11) is 0. The van der Waals surface area contributed by atoms with E-state index < -0.39 is 17.9 Å². The fourth-order valence-electron chi connectivity index (χ4n) is 3.64. The summed E-state index contributed by atoms with van der Waals surface area (Å²) in [6, 6.07) is 4.77. The number of carbonyl (C=O) groups excluding carboxylic acids is 3. The first-order valence-electron chi connectivity index (χ1n) is 12.6. The molecular formula is C28H35N5O4S. The molecule has 3 heterocycles. The Bertz CT molecular complexity index is 1320. The highest BCUT2D eigenvalue weighted by Crippen LogP contribution is 2.28. The van der Waals surface area contributed by atoms with Gasteiger partial charge in [0.05, 0.1) is 30.8 Å². The molecule has 0 aliphatic carbocycles. The molecule has 202 valence electrons. The number of nitrogens with one attached hydrogen (secondary N) is 2. The fraction of sp³-hybridized carbons (Fsp3) is 0.393. The zero-order chi connectivity index (χ0) is 27.9. The predicted octanol–water partition coefficient (Wildman–Crippen LogP) is 5.16. The Morgan fingerprint density at radius 1 is 1.26 bits per heavy atom. The SMILES string of the molecule is C/C=C\c1ccc(-c2csc(NC(=O)C(C)NC(=O)c3cn(C4(C)COC4)cn3)n2)cc1C(C)=O.CCC. The van der Waals surface area contributed by atoms with Gasteiger partial charge >= 0.3 is 0 Å². The van der Waals surface area contributed by atoms with E-state index >= 15 is 0 Å². The topological polar surface area (TPSA) is 115 Å². The molecule has 2 N–H and O–H groups in total. The van der Waals surface area contributed by atoms with Crippen LogP contribution in [0.15, 0.2) is 42.2 Å². The Labute approximate surface area is 227 Å². The highest BCUT2D eigenvalue weighted by Gasteiger charge is 2.35. The quantitative estimate of drug-likeness (QED) is 0.384. The molecule has 3 aromatic rings. The molecule has 2 amide bonds. The molecule has 1 unspecified atom stereocenters. The second kappa shape index (κ2) is 12.7. The van der Waals surface area contributed by atoms with E-state index in [1.165, 1.54) is 24.7 Å². The number of thiazole rings is 1. The molecule has 0 radical (unpaired) electrons. The second-order valence-corrected chi connectivity index (χ2v) is 10.3. The maximum atomic E-state index is 12.7. The third-order valence-corrected chi connectivity index (χ3v) is 6.57. The van der Waals surface area contributed by atoms with E-state index in [1.54, 1.807) is 25.5 Å². The number of hydrogen-bond acceptors (Lipinski definition) is 7. The Kier molecular flexibility index (Phi) is 9.71. The van der Waals surface area contributed by atoms with E-state index in [9.17, 15) is 14.4 Å². The molecule has 1 fully saturated rings. The molecule has 0 spiro atoms. The summed E-state index contributed by atoms with van der Waals surface area (Å²) in [5.74, 6) is -0.868. The zero-order valence-electron chi connectivity index (χ0n) is 22.7. The van der Waals surface area contributed by atoms with E-state index in [4.69, 9.17) is 4.74 Å². The highest BCUT2D eigenvalue weighted by molar-refractivity contribution is 7.14. The van der Waals surface area contributed by atoms with Crippen molar-refractivity contribution in [2.24, 2.45) is 0 Å². The van der Waals surface area contributed by atoms with E-state index in [2.05, 4.69) is 34.4 Å². The molecule has 38 heavy (non-hydrogen) atoms. The maximum Gasteiger partial charge on any atom is 0.272 e. The average molecular weight is 538 g/mol. The van der Waals surface area contributed by atoms with Gasteiger partial charge < -0.3 is 19.9 Å². The van der Waals surface area contributed by atoms with E-state index in [-0.39, 0.29) is 17.0 Å². The minimum Gasteiger partial charge on any atom is -0.376 e. The Morgan fingerprint density at radius 3 is 2.58 bits per heavy atom. The van der Waals surface area contributed by atoms with Gasteiger partial charge in [-0.2, -0.15) is 0 Å². The number of carbonyl (C=O) groups is 3. The van der Waals surface area contributed by atoms with Crippen molar-refractivity contribution >= 4 is 40.1 Å². The third-order valence-electron chi connectivity index (χ3n) is 5.81. The number of nitrogens with zero attached hydrogens (tertiary/aromatic N) is 3. The van der Waals surface area contributed by atoms with Gasteiger partial charge in [-0.1, -0.05) is 44.6 Å². The van der Waals surface area contributed by atoms with Crippen molar-refractivity contribution in [1.82, 2.24) is 19.9 Å². The van der Waals surface area contributed by atoms with Crippen LogP contribution in [0.1, 0.15) is 74.4 Å². The van der Waals surface area contributed by atoms with Gasteiger partial charge in [0, 0.05) is 22.7 Å². The van der Waals surface area contributed by atoms with Crippen LogP contribution in [0.5, 0.6) is 0 Å². The van der Waals surface area contributed by atoms with Gasteiger partial charge in [-0.05, 0) is 39.3 Å². The smallest absolute Gasteiger partial charge is 0.272 e. The van der Waals surface area contributed by atoms with Gasteiger partial charge in [0.25, 0.3) is 5.91 Å². The van der Waals surface area contributed by atoms with Gasteiger partial charge in [-0.15, -0.1) is 11.3 Å². The number of allylic oxidation sites excluding steroid dienone is 1. The summed E-state index contributed by atoms with van der Waals surface area (Å²) in [4.78, 5) is 45.9. The average Bonchev–Trinajstić information content (AvgIpc) is 3.54. The van der Waals surface area contributed by atoms with Crippen LogP contribution < -0.4 is 10.6 Å². The van der Waals surface area contributed by atoms with Gasteiger partial charge in [0.1, 0.15) is 11.7 Å². The Balaban J connectivity index is 0.00000127. The van der Waals surface area contributed by atoms with Crippen molar-refractivity contribution in [3.05, 3.63) is 59.0 Å². The minimum atomic E-state index is -0.799. The number of amides is 2. The third kappa shape index (κ3) is 6.81. The van der Waals surface area contributed by atoms with Crippen molar-refractivity contribution < 1.29 is 19.1 Å². The summed E-state index contributed by atoms with van der Waals surface area (Å²) in [5.41, 5.74) is 2.92. The van der Waals surface area contributed by atoms with Crippen LogP contribution >= 0.6 is 11.3 Å². The number of hydrogen-bond donors (Lipinski definition) is 2. The minimum absolute atomic E-state index is 0.0340. The number of ether oxygens (including phenoxy) is 1. The van der Waals surface area contributed by atoms with E-state index in [0.717, 1.165) is 11.1 Å². The number of imidazole rings is 1. The summed E-state index contributed by atoms with van der Waals surface area (Å²) in [5, 5.41) is 7.62. The summed E-state index contributed by atoms with van der Waals surface area (Å²) in [6.07, 6.45) is 8.27. The number of anilines is 1. The number of rotatable bonds is 8. The molecule has 1 aromatic carbocycles. The van der Waals surface area contributed by atoms with Crippen LogP contribution in [-0.2, 0) is 15.1 Å². The Morgan fingerprint density at radius 2 is 1.97 bits per heavy atom. The first-order valence-corrected chi connectivity index (χ1v) is 13.5. The summed E-state index contributed by atoms with van der Waals surface area (Å²) in [6.45, 7) is 12.4. The fourth-order valence-corrected chi connectivity index (χ4v) is 4.36. The van der Waals surface area contributed by atoms with Gasteiger partial charge in [0.15, 0.2) is 10.9 Å². The van der Waals surface area contributed by atoms with Crippen LogP contribution in [0.25, 0.3) is 17.3 Å². The molecule has 1 atom stereocenters. The van der Waals surface area contributed by atoms with E-state index in [1.807, 2.05) is 48.1 Å². The molecule has 10 heteroatoms. The lowest BCUT2D eigenvalue weighted by molar-refractivity contribution is -0.117. The van der Waals surface area contributed by atoms with Gasteiger partial charge in [-0.25, -0.2) is 9.97 Å². The normalized spacial score (nSPS) is 14.7. The number of ketones is 1. The van der Waals surface area contributed by atoms with Crippen LogP contribution in [0.3, 0.4) is 0 Å². The molecule has 9 nitrogen and oxygen atoms in total. The zero-order valence-corrected chi connectivity index (χ0v) is 23.5. The molecule has 0 bridgehead atoms. The largest absolute Gasteiger partial charge is 0.376 e. The molecular weight excluding hydrogens is 502 g/mol. The van der Waals surface area contributed by atoms with Gasteiger partial charge in [-0.3, -0.25) is 14.4 Å². The first kappa shape index (κ1) is 28.9. The number of Topliss-reactive ketones (excluding diaryl/α,β-unsaturated/α-hetero) is 1. The standard InChI is InChI=1S/C25H27N5O4S.C3H8/c1-5-6-17-7-8-18(9-19(17)16(3)31)21-11-35-24(28-21)29-22(32)15(2)27-23(33)20-10-30(14-26-20)25(4)12-34-13-25;1-3-2/h5-11,14-15H,12-13H2,1-4H3,(H,27,33)(H,28,29,32);3H2,1-2H3/b6-5-;. The lowest BCUT2D eigenvalue weighted by Gasteiger charge is -2.39. The second-order valence-electron chi connectivity index (χ2n) is 9.44. The van der Waals surface area contributed by atoms with Crippen molar-refractivity contribution in [2.75, 3.05) is 18.5 Å². The number of aromatic nitrogens is 3. The van der Waals surface area contributed by atoms with Crippen LogP contribution in [-0.4, -0.2) is 51.4 Å². The van der Waals surface area contributed by atoms with Crippen molar-refractivity contribution in [1.29, 1.82) is 0 Å². The molecule has 1 saturated heterocycles. The Hall–Kier alpha value is -3.63. The van der Waals surface area contributed by atoms with Crippen LogP contribution in [0, 0.1) is 0 Å². The van der Waals surface area contributed by atoms with Crippen molar-refractivity contribution in [2.45, 2.75) is 59.5 Å². The summed E-state index contributed by atoms with van der Waals surface area (Å²) >= 11 is 1.27. The first-order chi connectivity index (χ1) is 18.1. The summed E-state index contributed by atoms with van der Waals surface area (Å²) < 4.78 is 7.11. The maximum absolute atomic E-state index is 12.7. The molecule has 1 aliphatic rings. The molecule has 0 saturated carbocycles. The molecule has 2 aromatic heterocycles. The lowest BCUT2D eigenvalue weighted by Crippen LogP contribution is -2.48. The number of benzene rings is 1. The predicted molar refractivity (Wildman–Crippen MR) is 150 cm³/mol. The monoisotopic (exact) mass is 537 g/mol. The van der Waals surface area contributed by atoms with Crippen molar-refractivity contribution in [3.8, 4) is 11.3 Å². The highest BCUT2D eigenvalue weighted by atomic mass is 32.1. The van der Waals surface area contributed by atoms with E-state index in [0.29, 0.717) is 29.6 Å². The molecule has 1 aliphatic heterocycles. The lowest BCUT2D eigenvalue weighted by atomic mass is 9.99. The van der Waals surface area contributed by atoms with Crippen molar-refractivity contribution in [3.63, 3.8) is 0 Å². The molecule has 4 rings (SSSR count). The van der Waals surface area contributed by atoms with Crippen LogP contribution in [0.4, 0.5) is 5.13 Å². The van der Waals surface area contributed by atoms with Crippen LogP contribution in [0.2, 0.25) is 0 Å².